The zero-order valence-electron chi connectivity index (χ0n) is 11.8. The highest BCUT2D eigenvalue weighted by Gasteiger charge is 2.05. The number of para-hydroxylation sites is 1. The molecule has 0 atom stereocenters. The molecule has 2 aromatic carbocycles. The Balaban J connectivity index is 2.06. The van der Waals surface area contributed by atoms with Gasteiger partial charge in [0.15, 0.2) is 0 Å². The van der Waals surface area contributed by atoms with Gasteiger partial charge in [-0.15, -0.1) is 0 Å². The second-order valence-electron chi connectivity index (χ2n) is 4.50. The van der Waals surface area contributed by atoms with Crippen LogP contribution in [0.2, 0.25) is 0 Å². The van der Waals surface area contributed by atoms with Crippen molar-refractivity contribution in [2.45, 2.75) is 13.3 Å². The lowest BCUT2D eigenvalue weighted by molar-refractivity contribution is 0.0505. The van der Waals surface area contributed by atoms with Gasteiger partial charge in [-0.25, -0.2) is 4.79 Å². The molecule has 0 saturated heterocycles. The second-order valence-corrected chi connectivity index (χ2v) is 4.50. The van der Waals surface area contributed by atoms with E-state index in [0.29, 0.717) is 23.4 Å². The fourth-order valence-corrected chi connectivity index (χ4v) is 1.70. The molecule has 2 aromatic rings. The van der Waals surface area contributed by atoms with Crippen molar-refractivity contribution in [2.75, 3.05) is 6.61 Å². The van der Waals surface area contributed by atoms with Gasteiger partial charge in [-0.1, -0.05) is 19.1 Å². The molecule has 0 spiro atoms. The Morgan fingerprint density at radius 3 is 2.57 bits per heavy atom. The van der Waals surface area contributed by atoms with Gasteiger partial charge in [-0.2, -0.15) is 0 Å². The van der Waals surface area contributed by atoms with E-state index in [1.54, 1.807) is 48.7 Å². The van der Waals surface area contributed by atoms with Crippen molar-refractivity contribution in [3.05, 3.63) is 59.7 Å². The van der Waals surface area contributed by atoms with E-state index in [4.69, 9.17) is 4.74 Å². The molecule has 0 radical (unpaired) electrons. The van der Waals surface area contributed by atoms with Crippen molar-refractivity contribution in [2.24, 2.45) is 4.99 Å². The molecule has 0 saturated carbocycles. The lowest BCUT2D eigenvalue weighted by Gasteiger charge is -2.03. The normalized spacial score (nSPS) is 10.7. The number of aliphatic imine (C=N–C) groups is 1. The Morgan fingerprint density at radius 2 is 1.90 bits per heavy atom. The van der Waals surface area contributed by atoms with Crippen molar-refractivity contribution in [1.82, 2.24) is 0 Å². The summed E-state index contributed by atoms with van der Waals surface area (Å²) in [5.41, 5.74) is 1.85. The number of ether oxygens (including phenoxy) is 1. The first-order valence-corrected chi connectivity index (χ1v) is 6.80. The van der Waals surface area contributed by atoms with Crippen LogP contribution in [0.4, 0.5) is 5.69 Å². The molecule has 0 amide bonds. The van der Waals surface area contributed by atoms with Crippen LogP contribution in [0, 0.1) is 0 Å². The van der Waals surface area contributed by atoms with Crippen LogP contribution < -0.4 is 0 Å². The molecule has 4 nitrogen and oxygen atoms in total. The number of rotatable bonds is 5. The van der Waals surface area contributed by atoms with Crippen LogP contribution in [0.5, 0.6) is 5.75 Å². The van der Waals surface area contributed by atoms with E-state index in [-0.39, 0.29) is 11.7 Å². The number of phenols is 1. The minimum absolute atomic E-state index is 0.181. The Morgan fingerprint density at radius 1 is 1.19 bits per heavy atom. The number of hydrogen-bond donors (Lipinski definition) is 1. The van der Waals surface area contributed by atoms with Gasteiger partial charge in [0.05, 0.1) is 17.9 Å². The van der Waals surface area contributed by atoms with E-state index in [0.717, 1.165) is 6.42 Å². The third-order valence-electron chi connectivity index (χ3n) is 2.83. The number of benzene rings is 2. The van der Waals surface area contributed by atoms with Crippen LogP contribution in [0.1, 0.15) is 29.3 Å². The topological polar surface area (TPSA) is 58.9 Å². The predicted octanol–water partition coefficient (Wildman–Crippen LogP) is 3.71. The van der Waals surface area contributed by atoms with Crippen molar-refractivity contribution >= 4 is 17.9 Å². The third kappa shape index (κ3) is 4.18. The second kappa shape index (κ2) is 7.24. The number of carbonyl (C=O) groups is 1. The molecule has 0 fully saturated rings. The van der Waals surface area contributed by atoms with Crippen molar-refractivity contribution in [1.29, 1.82) is 0 Å². The summed E-state index contributed by atoms with van der Waals surface area (Å²) in [6.45, 7) is 2.37. The molecule has 0 aliphatic rings. The summed E-state index contributed by atoms with van der Waals surface area (Å²) >= 11 is 0. The van der Waals surface area contributed by atoms with E-state index in [9.17, 15) is 9.90 Å². The smallest absolute Gasteiger partial charge is 0.338 e. The summed E-state index contributed by atoms with van der Waals surface area (Å²) in [4.78, 5) is 15.9. The summed E-state index contributed by atoms with van der Waals surface area (Å²) in [6, 6.07) is 13.8. The van der Waals surface area contributed by atoms with Gasteiger partial charge in [-0.3, -0.25) is 4.99 Å². The minimum atomic E-state index is -0.326. The molecule has 0 aliphatic heterocycles. The lowest BCUT2D eigenvalue weighted by atomic mass is 10.2. The molecular weight excluding hydrogens is 266 g/mol. The number of hydrogen-bond acceptors (Lipinski definition) is 4. The molecule has 0 unspecified atom stereocenters. The van der Waals surface area contributed by atoms with Crippen molar-refractivity contribution < 1.29 is 14.6 Å². The number of aromatic hydroxyl groups is 1. The molecule has 0 heterocycles. The van der Waals surface area contributed by atoms with Crippen LogP contribution >= 0.6 is 0 Å². The summed E-state index contributed by atoms with van der Waals surface area (Å²) in [5.74, 6) is -0.144. The first-order valence-electron chi connectivity index (χ1n) is 6.80. The molecule has 0 bridgehead atoms. The maximum absolute atomic E-state index is 11.6. The van der Waals surface area contributed by atoms with Crippen LogP contribution in [0.15, 0.2) is 53.5 Å². The average molecular weight is 283 g/mol. The number of carbonyl (C=O) groups excluding carboxylic acids is 1. The maximum Gasteiger partial charge on any atom is 0.338 e. The summed E-state index contributed by atoms with van der Waals surface area (Å²) in [6.07, 6.45) is 2.38. The van der Waals surface area contributed by atoms with Crippen LogP contribution in [0.3, 0.4) is 0 Å². The van der Waals surface area contributed by atoms with Crippen LogP contribution in [-0.4, -0.2) is 23.9 Å². The predicted molar refractivity (Wildman–Crippen MR) is 82.4 cm³/mol. The quantitative estimate of drug-likeness (QED) is 0.672. The zero-order chi connectivity index (χ0) is 15.1. The average Bonchev–Trinajstić information content (AvgIpc) is 2.52. The van der Waals surface area contributed by atoms with E-state index in [1.165, 1.54) is 0 Å². The van der Waals surface area contributed by atoms with E-state index >= 15 is 0 Å². The number of nitrogens with zero attached hydrogens (tertiary/aromatic N) is 1. The highest BCUT2D eigenvalue weighted by Crippen LogP contribution is 2.17. The first-order chi connectivity index (χ1) is 10.2. The highest BCUT2D eigenvalue weighted by atomic mass is 16.5. The van der Waals surface area contributed by atoms with Gasteiger partial charge in [0, 0.05) is 11.8 Å². The van der Waals surface area contributed by atoms with Gasteiger partial charge >= 0.3 is 5.97 Å². The monoisotopic (exact) mass is 283 g/mol. The molecule has 1 N–H and O–H groups in total. The van der Waals surface area contributed by atoms with Crippen LogP contribution in [0.25, 0.3) is 0 Å². The van der Waals surface area contributed by atoms with Gasteiger partial charge in [-0.05, 0) is 42.8 Å². The standard InChI is InChI=1S/C17H17NO3/c1-2-11-21-17(20)13-7-9-15(10-8-13)18-12-14-5-3-4-6-16(14)19/h3-10,12,19H,2,11H2,1H3/b18-12+. The molecule has 0 aliphatic carbocycles. The van der Waals surface area contributed by atoms with Gasteiger partial charge in [0.2, 0.25) is 0 Å². The summed E-state index contributed by atoms with van der Waals surface area (Å²) in [7, 11) is 0. The fourth-order valence-electron chi connectivity index (χ4n) is 1.70. The maximum atomic E-state index is 11.6. The van der Waals surface area contributed by atoms with Crippen molar-refractivity contribution in [3.63, 3.8) is 0 Å². The fraction of sp³-hybridized carbons (Fsp3) is 0.176. The van der Waals surface area contributed by atoms with Gasteiger partial charge in [0.25, 0.3) is 0 Å². The Kier molecular flexibility index (Phi) is 5.10. The molecule has 2 rings (SSSR count). The SMILES string of the molecule is CCCOC(=O)c1ccc(/N=C/c2ccccc2O)cc1. The van der Waals surface area contributed by atoms with Gasteiger partial charge in [0.1, 0.15) is 5.75 Å². The molecular formula is C17H17NO3. The Hall–Kier alpha value is -2.62. The molecule has 108 valence electrons. The summed E-state index contributed by atoms with van der Waals surface area (Å²) < 4.78 is 5.05. The van der Waals surface area contributed by atoms with E-state index in [1.807, 2.05) is 13.0 Å². The zero-order valence-corrected chi connectivity index (χ0v) is 11.8. The lowest BCUT2D eigenvalue weighted by Crippen LogP contribution is -2.05. The molecule has 4 heteroatoms. The highest BCUT2D eigenvalue weighted by molar-refractivity contribution is 5.90. The largest absolute Gasteiger partial charge is 0.507 e. The van der Waals surface area contributed by atoms with Crippen molar-refractivity contribution in [3.8, 4) is 5.75 Å². The third-order valence-corrected chi connectivity index (χ3v) is 2.83. The van der Waals surface area contributed by atoms with Crippen LogP contribution in [-0.2, 0) is 4.74 Å². The Bertz CT molecular complexity index is 633. The molecule has 0 aromatic heterocycles. The minimum Gasteiger partial charge on any atom is -0.507 e. The molecule has 21 heavy (non-hydrogen) atoms. The Labute approximate surface area is 123 Å². The van der Waals surface area contributed by atoms with E-state index in [2.05, 4.69) is 4.99 Å². The number of esters is 1. The summed E-state index contributed by atoms with van der Waals surface area (Å²) in [5, 5.41) is 9.64. The first kappa shape index (κ1) is 14.8. The van der Waals surface area contributed by atoms with E-state index < -0.39 is 0 Å². The number of phenolic OH excluding ortho intramolecular Hbond substituents is 1. The van der Waals surface area contributed by atoms with Gasteiger partial charge < -0.3 is 9.84 Å².